The Kier molecular flexibility index (Phi) is 5.01. The molecule has 1 N–H and O–H groups in total. The number of amidine groups is 1. The van der Waals surface area contributed by atoms with Gasteiger partial charge in [-0.25, -0.2) is 9.38 Å². The predicted molar refractivity (Wildman–Crippen MR) is 97.4 cm³/mol. The molecule has 0 radical (unpaired) electrons. The molecule has 0 bridgehead atoms. The minimum atomic E-state index is -0.319. The highest BCUT2D eigenvalue weighted by molar-refractivity contribution is 6.28. The first kappa shape index (κ1) is 16.3. The molecule has 6 heteroatoms. The average molecular weight is 343 g/mol. The first-order valence-corrected chi connectivity index (χ1v) is 8.03. The molecule has 2 aromatic rings. The van der Waals surface area contributed by atoms with Crippen molar-refractivity contribution in [2.45, 2.75) is 6.92 Å². The van der Waals surface area contributed by atoms with E-state index in [9.17, 15) is 4.39 Å². The second-order valence-corrected chi connectivity index (χ2v) is 5.61. The molecule has 0 spiro atoms. The molecule has 0 atom stereocenters. The molecule has 4 nitrogen and oxygen atoms in total. The number of nitrogens with one attached hydrogen (secondary N) is 1. The molecular weight excluding hydrogens is 327 g/mol. The van der Waals surface area contributed by atoms with Crippen LogP contribution in [0.15, 0.2) is 63.6 Å². The molecule has 0 aliphatic carbocycles. The van der Waals surface area contributed by atoms with Crippen LogP contribution >= 0.6 is 11.6 Å². The van der Waals surface area contributed by atoms with Gasteiger partial charge in [0.1, 0.15) is 11.7 Å². The largest absolute Gasteiger partial charge is 0.276 e. The quantitative estimate of drug-likeness (QED) is 0.513. The number of fused-ring (bicyclic) bond motifs is 1. The van der Waals surface area contributed by atoms with Gasteiger partial charge in [-0.1, -0.05) is 30.3 Å². The zero-order valence-electron chi connectivity index (χ0n) is 13.1. The molecule has 0 amide bonds. The van der Waals surface area contributed by atoms with E-state index in [-0.39, 0.29) is 5.82 Å². The second-order valence-electron chi connectivity index (χ2n) is 5.34. The number of alkyl halides is 1. The third-order valence-electron chi connectivity index (χ3n) is 3.47. The van der Waals surface area contributed by atoms with Gasteiger partial charge in [0.2, 0.25) is 0 Å². The van der Waals surface area contributed by atoms with Gasteiger partial charge in [-0.05, 0) is 25.1 Å². The van der Waals surface area contributed by atoms with E-state index in [0.29, 0.717) is 35.2 Å². The lowest BCUT2D eigenvalue weighted by Crippen LogP contribution is -2.22. The molecular formula is C18H16ClFN4. The van der Waals surface area contributed by atoms with Crippen molar-refractivity contribution in [3.05, 3.63) is 65.5 Å². The smallest absolute Gasteiger partial charge is 0.144 e. The number of hydrazone groups is 1. The van der Waals surface area contributed by atoms with Gasteiger partial charge >= 0.3 is 0 Å². The maximum absolute atomic E-state index is 13.8. The first-order valence-electron chi connectivity index (χ1n) is 7.50. The van der Waals surface area contributed by atoms with Crippen LogP contribution in [0.25, 0.3) is 0 Å². The number of aliphatic imine (C=N–C) groups is 2. The summed E-state index contributed by atoms with van der Waals surface area (Å²) in [6.07, 6.45) is 0. The lowest BCUT2D eigenvalue weighted by molar-refractivity contribution is 0.627. The van der Waals surface area contributed by atoms with Crippen LogP contribution in [0.5, 0.6) is 0 Å². The van der Waals surface area contributed by atoms with Crippen LogP contribution in [0.4, 0.5) is 10.1 Å². The third kappa shape index (κ3) is 3.68. The normalized spacial score (nSPS) is 14.4. The molecule has 1 aliphatic heterocycles. The number of halogens is 2. The summed E-state index contributed by atoms with van der Waals surface area (Å²) >= 11 is 5.72. The molecule has 2 aromatic carbocycles. The topological polar surface area (TPSA) is 49.1 Å². The number of hydrogen-bond acceptors (Lipinski definition) is 4. The molecule has 122 valence electrons. The Morgan fingerprint density at radius 3 is 2.79 bits per heavy atom. The molecule has 0 fully saturated rings. The number of hydrogen-bond donors (Lipinski definition) is 1. The summed E-state index contributed by atoms with van der Waals surface area (Å²) in [6.45, 7) is 2.14. The Balaban J connectivity index is 2.04. The van der Waals surface area contributed by atoms with Crippen molar-refractivity contribution in [2.75, 3.05) is 12.4 Å². The summed E-state index contributed by atoms with van der Waals surface area (Å²) in [5.74, 6) is 0.596. The Hall–Kier alpha value is -2.53. The van der Waals surface area contributed by atoms with Gasteiger partial charge in [0, 0.05) is 16.8 Å². The fraction of sp³-hybridized carbons (Fsp3) is 0.167. The highest BCUT2D eigenvalue weighted by Gasteiger charge is 2.16. The number of rotatable bonds is 3. The van der Waals surface area contributed by atoms with Crippen LogP contribution in [0, 0.1) is 5.82 Å². The maximum Gasteiger partial charge on any atom is 0.144 e. The Bertz CT molecular complexity index is 828. The van der Waals surface area contributed by atoms with E-state index < -0.39 is 0 Å². The molecule has 3 rings (SSSR count). The highest BCUT2D eigenvalue weighted by atomic mass is 35.5. The van der Waals surface area contributed by atoms with Gasteiger partial charge < -0.3 is 0 Å². The zero-order valence-corrected chi connectivity index (χ0v) is 13.9. The van der Waals surface area contributed by atoms with E-state index in [4.69, 9.17) is 11.6 Å². The number of nitrogens with zero attached hydrogens (tertiary/aromatic N) is 3. The van der Waals surface area contributed by atoms with Crippen LogP contribution in [0.2, 0.25) is 0 Å². The minimum absolute atomic E-state index is 0.319. The monoisotopic (exact) mass is 342 g/mol. The lowest BCUT2D eigenvalue weighted by atomic mass is 10.0. The van der Waals surface area contributed by atoms with Crippen molar-refractivity contribution in [1.29, 1.82) is 0 Å². The molecule has 1 aliphatic rings. The molecule has 1 heterocycles. The fourth-order valence-corrected chi connectivity index (χ4v) is 2.37. The summed E-state index contributed by atoms with van der Waals surface area (Å²) in [5.41, 5.74) is 6.58. The summed E-state index contributed by atoms with van der Waals surface area (Å²) in [4.78, 5) is 9.15. The van der Waals surface area contributed by atoms with Crippen molar-refractivity contribution in [3.63, 3.8) is 0 Å². The van der Waals surface area contributed by atoms with Gasteiger partial charge in [0.05, 0.1) is 23.8 Å². The SMILES string of the molecule is CC(CCl)=NNC1=Nc2ccc(F)cc2C(c2ccccc2)=NC1. The van der Waals surface area contributed by atoms with Crippen molar-refractivity contribution in [2.24, 2.45) is 15.1 Å². The molecule has 0 unspecified atom stereocenters. The molecule has 0 saturated carbocycles. The van der Waals surface area contributed by atoms with E-state index in [0.717, 1.165) is 11.3 Å². The molecule has 0 saturated heterocycles. The van der Waals surface area contributed by atoms with Crippen LogP contribution in [0.3, 0.4) is 0 Å². The molecule has 24 heavy (non-hydrogen) atoms. The van der Waals surface area contributed by atoms with Gasteiger partial charge in [-0.3, -0.25) is 10.4 Å². The van der Waals surface area contributed by atoms with E-state index in [1.54, 1.807) is 6.07 Å². The lowest BCUT2D eigenvalue weighted by Gasteiger charge is -2.08. The Morgan fingerprint density at radius 2 is 2.04 bits per heavy atom. The summed E-state index contributed by atoms with van der Waals surface area (Å²) in [7, 11) is 0. The van der Waals surface area contributed by atoms with Crippen molar-refractivity contribution in [3.8, 4) is 0 Å². The van der Waals surface area contributed by atoms with E-state index >= 15 is 0 Å². The van der Waals surface area contributed by atoms with Gasteiger partial charge in [0.15, 0.2) is 0 Å². The number of benzene rings is 2. The van der Waals surface area contributed by atoms with Crippen molar-refractivity contribution >= 4 is 34.5 Å². The van der Waals surface area contributed by atoms with Crippen LogP contribution in [0.1, 0.15) is 18.1 Å². The minimum Gasteiger partial charge on any atom is -0.276 e. The standard InChI is InChI=1S/C18H16ClFN4/c1-12(10-19)23-24-17-11-21-18(13-5-3-2-4-6-13)15-9-14(20)7-8-16(15)22-17/h2-9H,10-11H2,1H3,(H,22,24). The van der Waals surface area contributed by atoms with Crippen LogP contribution < -0.4 is 5.43 Å². The summed E-state index contributed by atoms with van der Waals surface area (Å²) < 4.78 is 13.8. The fourth-order valence-electron chi connectivity index (χ4n) is 2.31. The van der Waals surface area contributed by atoms with E-state index in [1.807, 2.05) is 37.3 Å². The maximum atomic E-state index is 13.8. The van der Waals surface area contributed by atoms with Crippen molar-refractivity contribution in [1.82, 2.24) is 5.43 Å². The zero-order chi connectivity index (χ0) is 16.9. The van der Waals surface area contributed by atoms with E-state index in [1.165, 1.54) is 12.1 Å². The predicted octanol–water partition coefficient (Wildman–Crippen LogP) is 3.91. The van der Waals surface area contributed by atoms with Gasteiger partial charge in [-0.15, -0.1) is 11.6 Å². The van der Waals surface area contributed by atoms with Crippen molar-refractivity contribution < 1.29 is 4.39 Å². The average Bonchev–Trinajstić information content (AvgIpc) is 2.79. The summed E-state index contributed by atoms with van der Waals surface area (Å²) in [6, 6.07) is 14.2. The van der Waals surface area contributed by atoms with Gasteiger partial charge in [-0.2, -0.15) is 5.10 Å². The van der Waals surface area contributed by atoms with Crippen LogP contribution in [-0.2, 0) is 0 Å². The summed E-state index contributed by atoms with van der Waals surface area (Å²) in [5, 5.41) is 4.16. The third-order valence-corrected chi connectivity index (χ3v) is 3.86. The Morgan fingerprint density at radius 1 is 1.25 bits per heavy atom. The van der Waals surface area contributed by atoms with Gasteiger partial charge in [0.25, 0.3) is 0 Å². The first-order chi connectivity index (χ1) is 11.7. The highest BCUT2D eigenvalue weighted by Crippen LogP contribution is 2.26. The van der Waals surface area contributed by atoms with E-state index in [2.05, 4.69) is 20.5 Å². The van der Waals surface area contributed by atoms with Crippen LogP contribution in [-0.4, -0.2) is 29.7 Å². The Labute approximate surface area is 144 Å². The second kappa shape index (κ2) is 7.36. The molecule has 0 aromatic heterocycles.